The molecule has 7 nitrogen and oxygen atoms in total. The lowest BCUT2D eigenvalue weighted by atomic mass is 10.2. The minimum atomic E-state index is -3.91. The van der Waals surface area contributed by atoms with Crippen molar-refractivity contribution in [3.8, 4) is 0 Å². The second-order valence-electron chi connectivity index (χ2n) is 8.04. The summed E-state index contributed by atoms with van der Waals surface area (Å²) in [5.74, 6) is 0.328. The third-order valence-corrected chi connectivity index (χ3v) is 8.50. The van der Waals surface area contributed by atoms with Crippen molar-refractivity contribution in [1.29, 1.82) is 0 Å². The van der Waals surface area contributed by atoms with Crippen LogP contribution < -0.4 is 0 Å². The Kier molecular flexibility index (Phi) is 7.25. The smallest absolute Gasteiger partial charge is 0.254 e. The van der Waals surface area contributed by atoms with Gasteiger partial charge in [-0.15, -0.1) is 11.3 Å². The summed E-state index contributed by atoms with van der Waals surface area (Å²) in [4.78, 5) is 16.0. The van der Waals surface area contributed by atoms with Crippen molar-refractivity contribution in [3.63, 3.8) is 0 Å². The maximum absolute atomic E-state index is 13.5. The van der Waals surface area contributed by atoms with E-state index >= 15 is 0 Å². The lowest BCUT2D eigenvalue weighted by Crippen LogP contribution is -2.48. The second kappa shape index (κ2) is 9.99. The van der Waals surface area contributed by atoms with E-state index in [9.17, 15) is 13.2 Å². The number of ether oxygens (including phenoxy) is 1. The lowest BCUT2D eigenvalue weighted by Gasteiger charge is -2.34. The number of thiophene rings is 1. The number of benzene rings is 1. The van der Waals surface area contributed by atoms with Gasteiger partial charge in [-0.25, -0.2) is 8.42 Å². The normalized spacial score (nSPS) is 19.5. The maximum Gasteiger partial charge on any atom is 0.254 e. The summed E-state index contributed by atoms with van der Waals surface area (Å²) < 4.78 is 39.3. The van der Waals surface area contributed by atoms with E-state index in [1.807, 2.05) is 31.4 Å². The van der Waals surface area contributed by atoms with Crippen LogP contribution in [0.1, 0.15) is 34.8 Å². The molecular formula is C23H25ClN2O5S2. The molecule has 0 spiro atoms. The summed E-state index contributed by atoms with van der Waals surface area (Å²) in [6.07, 6.45) is 1.09. The summed E-state index contributed by atoms with van der Waals surface area (Å²) >= 11 is 7.86. The molecule has 0 radical (unpaired) electrons. The van der Waals surface area contributed by atoms with Crippen molar-refractivity contribution in [2.75, 3.05) is 13.1 Å². The van der Waals surface area contributed by atoms with Crippen molar-refractivity contribution in [1.82, 2.24) is 9.21 Å². The van der Waals surface area contributed by atoms with E-state index in [0.717, 1.165) is 4.88 Å². The molecule has 2 atom stereocenters. The molecule has 4 rings (SSSR count). The number of halogens is 1. The van der Waals surface area contributed by atoms with Crippen LogP contribution in [0, 0.1) is 0 Å². The lowest BCUT2D eigenvalue weighted by molar-refractivity contribution is -0.0440. The van der Waals surface area contributed by atoms with Gasteiger partial charge in [0.25, 0.3) is 5.91 Å². The van der Waals surface area contributed by atoms with E-state index in [0.29, 0.717) is 12.3 Å². The molecular weight excluding hydrogens is 484 g/mol. The molecule has 1 saturated heterocycles. The van der Waals surface area contributed by atoms with Crippen LogP contribution in [0.3, 0.4) is 0 Å². The van der Waals surface area contributed by atoms with Crippen LogP contribution in [0.15, 0.2) is 63.4 Å². The zero-order chi connectivity index (χ0) is 23.6. The Balaban J connectivity index is 1.65. The Bertz CT molecular complexity index is 1150. The highest BCUT2D eigenvalue weighted by Gasteiger charge is 2.34. The van der Waals surface area contributed by atoms with Gasteiger partial charge in [0.05, 0.1) is 36.6 Å². The number of carbonyl (C=O) groups excluding carboxylic acids is 1. The molecule has 1 aliphatic rings. The molecule has 1 aromatic carbocycles. The zero-order valence-corrected chi connectivity index (χ0v) is 20.7. The number of carbonyl (C=O) groups is 1. The van der Waals surface area contributed by atoms with Gasteiger partial charge in [0.2, 0.25) is 10.0 Å². The number of hydrogen-bond donors (Lipinski definition) is 0. The van der Waals surface area contributed by atoms with E-state index in [-0.39, 0.29) is 53.2 Å². The van der Waals surface area contributed by atoms with Crippen LogP contribution in [-0.4, -0.2) is 48.8 Å². The second-order valence-corrected chi connectivity index (χ2v) is 11.4. The number of sulfonamides is 1. The number of nitrogens with zero attached hydrogens (tertiary/aromatic N) is 2. The van der Waals surface area contributed by atoms with Gasteiger partial charge >= 0.3 is 0 Å². The Labute approximate surface area is 202 Å². The predicted molar refractivity (Wildman–Crippen MR) is 127 cm³/mol. The molecule has 1 fully saturated rings. The van der Waals surface area contributed by atoms with Gasteiger partial charge in [0.1, 0.15) is 10.7 Å². The molecule has 1 aliphatic heterocycles. The largest absolute Gasteiger partial charge is 0.467 e. The highest BCUT2D eigenvalue weighted by atomic mass is 35.5. The summed E-state index contributed by atoms with van der Waals surface area (Å²) in [5.41, 5.74) is 0.246. The quantitative estimate of drug-likeness (QED) is 0.464. The van der Waals surface area contributed by atoms with Gasteiger partial charge in [-0.3, -0.25) is 4.79 Å². The van der Waals surface area contributed by atoms with Crippen molar-refractivity contribution in [2.24, 2.45) is 0 Å². The molecule has 2 aromatic heterocycles. The van der Waals surface area contributed by atoms with Gasteiger partial charge in [0, 0.05) is 23.5 Å². The van der Waals surface area contributed by atoms with Gasteiger partial charge in [-0.2, -0.15) is 4.31 Å². The van der Waals surface area contributed by atoms with Crippen molar-refractivity contribution in [2.45, 2.75) is 44.0 Å². The van der Waals surface area contributed by atoms with E-state index < -0.39 is 10.0 Å². The van der Waals surface area contributed by atoms with Crippen LogP contribution in [0.5, 0.6) is 0 Å². The first-order chi connectivity index (χ1) is 15.7. The Morgan fingerprint density at radius 3 is 2.55 bits per heavy atom. The van der Waals surface area contributed by atoms with Gasteiger partial charge in [-0.1, -0.05) is 17.7 Å². The van der Waals surface area contributed by atoms with Crippen LogP contribution >= 0.6 is 22.9 Å². The molecule has 0 saturated carbocycles. The predicted octanol–water partition coefficient (Wildman–Crippen LogP) is 4.64. The summed E-state index contributed by atoms with van der Waals surface area (Å²) in [6.45, 7) is 4.75. The Hall–Kier alpha value is -2.17. The minimum absolute atomic E-state index is 0.0780. The standard InChI is InChI=1S/C23H25ClN2O5S2/c1-16-12-26(13-17(2)31-16)33(28,29)22-11-18(7-8-21(22)24)23(27)25(14-19-5-3-9-30-19)15-20-6-4-10-32-20/h3-11,16-17H,12-15H2,1-2H3/t16-,17-/m0/s1. The van der Waals surface area contributed by atoms with Crippen LogP contribution in [0.4, 0.5) is 0 Å². The topological polar surface area (TPSA) is 80.1 Å². The monoisotopic (exact) mass is 508 g/mol. The maximum atomic E-state index is 13.5. The third kappa shape index (κ3) is 5.50. The fraction of sp³-hybridized carbons (Fsp3) is 0.348. The molecule has 176 valence electrons. The van der Waals surface area contributed by atoms with Gasteiger partial charge in [-0.05, 0) is 55.6 Å². The molecule has 1 amide bonds. The van der Waals surface area contributed by atoms with Crippen LogP contribution in [-0.2, 0) is 27.8 Å². The molecule has 0 unspecified atom stereocenters. The van der Waals surface area contributed by atoms with E-state index in [2.05, 4.69) is 0 Å². The Morgan fingerprint density at radius 1 is 1.15 bits per heavy atom. The molecule has 10 heteroatoms. The number of furan rings is 1. The fourth-order valence-corrected chi connectivity index (χ4v) is 6.67. The number of amides is 1. The van der Waals surface area contributed by atoms with Gasteiger partial charge in [0.15, 0.2) is 0 Å². The fourth-order valence-electron chi connectivity index (χ4n) is 3.86. The van der Waals surface area contributed by atoms with E-state index in [1.54, 1.807) is 40.7 Å². The first kappa shape index (κ1) is 24.0. The SMILES string of the molecule is C[C@H]1CN(S(=O)(=O)c2cc(C(=O)N(Cc3ccco3)Cc3cccs3)ccc2Cl)C[C@H](C)O1. The van der Waals surface area contributed by atoms with E-state index in [1.165, 1.54) is 16.4 Å². The molecule has 0 N–H and O–H groups in total. The highest BCUT2D eigenvalue weighted by molar-refractivity contribution is 7.89. The number of hydrogen-bond acceptors (Lipinski definition) is 6. The van der Waals surface area contributed by atoms with Crippen molar-refractivity contribution >= 4 is 38.9 Å². The van der Waals surface area contributed by atoms with Crippen LogP contribution in [0.2, 0.25) is 5.02 Å². The zero-order valence-electron chi connectivity index (χ0n) is 18.3. The first-order valence-corrected chi connectivity index (χ1v) is 13.2. The summed E-state index contributed by atoms with van der Waals surface area (Å²) in [6, 6.07) is 11.8. The average molecular weight is 509 g/mol. The highest BCUT2D eigenvalue weighted by Crippen LogP contribution is 2.29. The molecule has 0 aliphatic carbocycles. The minimum Gasteiger partial charge on any atom is -0.467 e. The van der Waals surface area contributed by atoms with Gasteiger partial charge < -0.3 is 14.1 Å². The first-order valence-electron chi connectivity index (χ1n) is 10.5. The molecule has 3 aromatic rings. The molecule has 33 heavy (non-hydrogen) atoms. The van der Waals surface area contributed by atoms with E-state index in [4.69, 9.17) is 20.8 Å². The summed E-state index contributed by atoms with van der Waals surface area (Å²) in [7, 11) is -3.91. The summed E-state index contributed by atoms with van der Waals surface area (Å²) in [5, 5.41) is 2.02. The number of rotatable bonds is 7. The number of morpholine rings is 1. The van der Waals surface area contributed by atoms with Crippen LogP contribution in [0.25, 0.3) is 0 Å². The van der Waals surface area contributed by atoms with Crippen molar-refractivity contribution in [3.05, 3.63) is 75.3 Å². The van der Waals surface area contributed by atoms with Crippen molar-refractivity contribution < 1.29 is 22.4 Å². The third-order valence-electron chi connectivity index (χ3n) is 5.32. The molecule has 3 heterocycles. The Morgan fingerprint density at radius 2 is 1.91 bits per heavy atom. The average Bonchev–Trinajstić information content (AvgIpc) is 3.47. The molecule has 0 bridgehead atoms.